The fourth-order valence-corrected chi connectivity index (χ4v) is 2.17. The van der Waals surface area contributed by atoms with E-state index in [1.165, 1.54) is 0 Å². The van der Waals surface area contributed by atoms with E-state index >= 15 is 0 Å². The number of hydrogen-bond donors (Lipinski definition) is 2. The molecule has 0 aliphatic heterocycles. The summed E-state index contributed by atoms with van der Waals surface area (Å²) in [5, 5.41) is 4.68. The standard InChI is InChI=1S/C12H12Cl2N2O/c1-6(2)15-12(17)11-5-8-9(14)3-7(13)4-10(8)16-11/h3-6,16H,1-2H3,(H,15,17). The number of rotatable bonds is 2. The molecule has 17 heavy (non-hydrogen) atoms. The van der Waals surface area contributed by atoms with Crippen molar-refractivity contribution in [3.8, 4) is 0 Å². The molecule has 0 fully saturated rings. The predicted molar refractivity (Wildman–Crippen MR) is 70.9 cm³/mol. The summed E-state index contributed by atoms with van der Waals surface area (Å²) in [6, 6.07) is 5.22. The number of nitrogens with one attached hydrogen (secondary N) is 2. The molecule has 0 saturated carbocycles. The van der Waals surface area contributed by atoms with Gasteiger partial charge in [0.1, 0.15) is 5.69 Å². The van der Waals surface area contributed by atoms with Crippen LogP contribution in [0.5, 0.6) is 0 Å². The van der Waals surface area contributed by atoms with Gasteiger partial charge in [-0.3, -0.25) is 4.79 Å². The molecule has 0 atom stereocenters. The van der Waals surface area contributed by atoms with Crippen LogP contribution < -0.4 is 5.32 Å². The molecule has 2 N–H and O–H groups in total. The lowest BCUT2D eigenvalue weighted by atomic mass is 10.2. The SMILES string of the molecule is CC(C)NC(=O)c1cc2c(Cl)cc(Cl)cc2[nH]1. The summed E-state index contributed by atoms with van der Waals surface area (Å²) in [4.78, 5) is 14.8. The van der Waals surface area contributed by atoms with Crippen LogP contribution in [0.3, 0.4) is 0 Å². The maximum Gasteiger partial charge on any atom is 0.267 e. The fourth-order valence-electron chi connectivity index (χ4n) is 1.62. The van der Waals surface area contributed by atoms with Gasteiger partial charge in [-0.25, -0.2) is 0 Å². The van der Waals surface area contributed by atoms with Crippen LogP contribution in [0.25, 0.3) is 10.9 Å². The van der Waals surface area contributed by atoms with E-state index in [1.807, 2.05) is 13.8 Å². The number of amides is 1. The molecule has 0 saturated heterocycles. The Morgan fingerprint density at radius 3 is 2.65 bits per heavy atom. The minimum absolute atomic E-state index is 0.0907. The molecule has 90 valence electrons. The van der Waals surface area contributed by atoms with Crippen molar-refractivity contribution in [2.24, 2.45) is 0 Å². The van der Waals surface area contributed by atoms with E-state index in [-0.39, 0.29) is 11.9 Å². The summed E-state index contributed by atoms with van der Waals surface area (Å²) >= 11 is 11.9. The van der Waals surface area contributed by atoms with E-state index in [0.29, 0.717) is 15.7 Å². The van der Waals surface area contributed by atoms with Crippen LogP contribution in [0.2, 0.25) is 10.0 Å². The maximum absolute atomic E-state index is 11.8. The number of H-pyrrole nitrogens is 1. The van der Waals surface area contributed by atoms with E-state index in [9.17, 15) is 4.79 Å². The van der Waals surface area contributed by atoms with Gasteiger partial charge >= 0.3 is 0 Å². The molecule has 2 rings (SSSR count). The number of aromatic nitrogens is 1. The van der Waals surface area contributed by atoms with Crippen LogP contribution in [0.15, 0.2) is 18.2 Å². The van der Waals surface area contributed by atoms with E-state index in [0.717, 1.165) is 10.9 Å². The lowest BCUT2D eigenvalue weighted by Crippen LogP contribution is -2.30. The highest BCUT2D eigenvalue weighted by atomic mass is 35.5. The zero-order chi connectivity index (χ0) is 12.6. The molecule has 1 aromatic carbocycles. The number of carbonyl (C=O) groups excluding carboxylic acids is 1. The normalized spacial score (nSPS) is 11.1. The monoisotopic (exact) mass is 270 g/mol. The quantitative estimate of drug-likeness (QED) is 0.861. The molecule has 1 amide bonds. The molecule has 0 radical (unpaired) electrons. The smallest absolute Gasteiger partial charge is 0.267 e. The largest absolute Gasteiger partial charge is 0.350 e. The van der Waals surface area contributed by atoms with Crippen molar-refractivity contribution in [2.75, 3.05) is 0 Å². The van der Waals surface area contributed by atoms with E-state index in [2.05, 4.69) is 10.3 Å². The highest BCUT2D eigenvalue weighted by Crippen LogP contribution is 2.28. The lowest BCUT2D eigenvalue weighted by Gasteiger charge is -2.05. The van der Waals surface area contributed by atoms with Gasteiger partial charge in [-0.1, -0.05) is 23.2 Å². The molecule has 0 unspecified atom stereocenters. The van der Waals surface area contributed by atoms with Crippen molar-refractivity contribution in [2.45, 2.75) is 19.9 Å². The van der Waals surface area contributed by atoms with Crippen molar-refractivity contribution in [1.29, 1.82) is 0 Å². The topological polar surface area (TPSA) is 44.9 Å². The number of aromatic amines is 1. The van der Waals surface area contributed by atoms with Crippen molar-refractivity contribution in [1.82, 2.24) is 10.3 Å². The Balaban J connectivity index is 2.44. The van der Waals surface area contributed by atoms with Gasteiger partial charge in [-0.05, 0) is 32.0 Å². The Morgan fingerprint density at radius 2 is 2.00 bits per heavy atom. The molecule has 1 aromatic heterocycles. The third kappa shape index (κ3) is 2.56. The number of carbonyl (C=O) groups is 1. The van der Waals surface area contributed by atoms with Crippen LogP contribution in [0.1, 0.15) is 24.3 Å². The van der Waals surface area contributed by atoms with Crippen molar-refractivity contribution in [3.63, 3.8) is 0 Å². The number of benzene rings is 1. The lowest BCUT2D eigenvalue weighted by molar-refractivity contribution is 0.0939. The van der Waals surface area contributed by atoms with Crippen LogP contribution in [0.4, 0.5) is 0 Å². The first-order valence-corrected chi connectivity index (χ1v) is 6.01. The van der Waals surface area contributed by atoms with Crippen molar-refractivity contribution < 1.29 is 4.79 Å². The molecule has 0 aliphatic rings. The third-order valence-corrected chi connectivity index (χ3v) is 2.85. The van der Waals surface area contributed by atoms with Gasteiger partial charge in [0.05, 0.1) is 5.02 Å². The zero-order valence-corrected chi connectivity index (χ0v) is 11.0. The summed E-state index contributed by atoms with van der Waals surface area (Å²) in [6.07, 6.45) is 0. The van der Waals surface area contributed by atoms with Crippen LogP contribution >= 0.6 is 23.2 Å². The van der Waals surface area contributed by atoms with Crippen LogP contribution in [-0.4, -0.2) is 16.9 Å². The van der Waals surface area contributed by atoms with Crippen molar-refractivity contribution >= 4 is 40.0 Å². The molecular weight excluding hydrogens is 259 g/mol. The minimum atomic E-state index is -0.150. The molecule has 5 heteroatoms. The third-order valence-electron chi connectivity index (χ3n) is 2.32. The first kappa shape index (κ1) is 12.3. The molecule has 0 bridgehead atoms. The fraction of sp³-hybridized carbons (Fsp3) is 0.250. The minimum Gasteiger partial charge on any atom is -0.350 e. The number of fused-ring (bicyclic) bond motifs is 1. The highest BCUT2D eigenvalue weighted by Gasteiger charge is 2.12. The summed E-state index contributed by atoms with van der Waals surface area (Å²) < 4.78 is 0. The van der Waals surface area contributed by atoms with Gasteiger partial charge in [-0.2, -0.15) is 0 Å². The highest BCUT2D eigenvalue weighted by molar-refractivity contribution is 6.38. The van der Waals surface area contributed by atoms with Gasteiger partial charge in [0, 0.05) is 22.0 Å². The predicted octanol–water partition coefficient (Wildman–Crippen LogP) is 3.61. The summed E-state index contributed by atoms with van der Waals surface area (Å²) in [5.41, 5.74) is 1.24. The second kappa shape index (κ2) is 4.59. The van der Waals surface area contributed by atoms with Crippen LogP contribution in [-0.2, 0) is 0 Å². The van der Waals surface area contributed by atoms with E-state index in [1.54, 1.807) is 18.2 Å². The first-order chi connectivity index (χ1) is 7.97. The molecule has 1 heterocycles. The second-order valence-electron chi connectivity index (χ2n) is 4.16. The number of halogens is 2. The second-order valence-corrected chi connectivity index (χ2v) is 5.00. The van der Waals surface area contributed by atoms with Crippen LogP contribution in [0, 0.1) is 0 Å². The van der Waals surface area contributed by atoms with Gasteiger partial charge in [-0.15, -0.1) is 0 Å². The van der Waals surface area contributed by atoms with Gasteiger partial charge in [0.2, 0.25) is 0 Å². The van der Waals surface area contributed by atoms with E-state index < -0.39 is 0 Å². The Kier molecular flexibility index (Phi) is 3.31. The Labute approximate surface area is 109 Å². The molecule has 0 spiro atoms. The number of hydrogen-bond acceptors (Lipinski definition) is 1. The summed E-state index contributed by atoms with van der Waals surface area (Å²) in [6.45, 7) is 3.81. The maximum atomic E-state index is 11.8. The Hall–Kier alpha value is -1.19. The molecular formula is C12H12Cl2N2O. The molecule has 0 aliphatic carbocycles. The first-order valence-electron chi connectivity index (χ1n) is 5.26. The Morgan fingerprint density at radius 1 is 1.29 bits per heavy atom. The summed E-state index contributed by atoms with van der Waals surface area (Å²) in [5.74, 6) is -0.150. The average Bonchev–Trinajstić information content (AvgIpc) is 2.60. The average molecular weight is 271 g/mol. The molecule has 2 aromatic rings. The zero-order valence-electron chi connectivity index (χ0n) is 9.47. The van der Waals surface area contributed by atoms with Gasteiger partial charge in [0.15, 0.2) is 0 Å². The van der Waals surface area contributed by atoms with Crippen molar-refractivity contribution in [3.05, 3.63) is 33.9 Å². The Bertz CT molecular complexity index is 575. The molecule has 3 nitrogen and oxygen atoms in total. The summed E-state index contributed by atoms with van der Waals surface area (Å²) in [7, 11) is 0. The van der Waals surface area contributed by atoms with E-state index in [4.69, 9.17) is 23.2 Å². The van der Waals surface area contributed by atoms with Gasteiger partial charge in [0.25, 0.3) is 5.91 Å². The van der Waals surface area contributed by atoms with Gasteiger partial charge < -0.3 is 10.3 Å².